The van der Waals surface area contributed by atoms with E-state index in [1.165, 1.54) is 25.3 Å². The average molecular weight is 328 g/mol. The van der Waals surface area contributed by atoms with Crippen LogP contribution < -0.4 is 4.74 Å². The Morgan fingerprint density at radius 1 is 1.26 bits per heavy atom. The molecule has 5 N–H and O–H groups in total. The highest BCUT2D eigenvalue weighted by atomic mass is 16.5. The lowest BCUT2D eigenvalue weighted by atomic mass is 10.1. The molecule has 23 heavy (non-hydrogen) atoms. The van der Waals surface area contributed by atoms with Crippen molar-refractivity contribution in [2.45, 2.75) is 18.3 Å². The van der Waals surface area contributed by atoms with Gasteiger partial charge in [-0.1, -0.05) is 6.07 Å². The minimum atomic E-state index is -1.63. The van der Waals surface area contributed by atoms with Gasteiger partial charge in [0, 0.05) is 6.08 Å². The molecule has 1 aromatic carbocycles. The maximum Gasteiger partial charge on any atom is 0.330 e. The molecule has 0 aliphatic carbocycles. The van der Waals surface area contributed by atoms with Gasteiger partial charge in [-0.15, -0.1) is 0 Å². The van der Waals surface area contributed by atoms with Crippen LogP contribution >= 0.6 is 0 Å². The molecular weight excluding hydrogens is 308 g/mol. The zero-order valence-electron chi connectivity index (χ0n) is 12.5. The summed E-state index contributed by atoms with van der Waals surface area (Å²) in [5, 5.41) is 46.1. The first-order valence-electron chi connectivity index (χ1n) is 6.76. The van der Waals surface area contributed by atoms with E-state index >= 15 is 0 Å². The fourth-order valence-electron chi connectivity index (χ4n) is 1.64. The van der Waals surface area contributed by atoms with Crippen LogP contribution in [0.15, 0.2) is 24.3 Å². The Kier molecular flexibility index (Phi) is 7.49. The Hall–Kier alpha value is -2.13. The van der Waals surface area contributed by atoms with Crippen molar-refractivity contribution >= 4 is 12.0 Å². The minimum absolute atomic E-state index is 0.0354. The lowest BCUT2D eigenvalue weighted by molar-refractivity contribution is -0.146. The lowest BCUT2D eigenvalue weighted by Crippen LogP contribution is -2.42. The molecule has 0 saturated heterocycles. The number of phenols is 1. The highest BCUT2D eigenvalue weighted by Gasteiger charge is 2.24. The van der Waals surface area contributed by atoms with Crippen LogP contribution in [0.1, 0.15) is 5.56 Å². The monoisotopic (exact) mass is 328 g/mol. The molecular formula is C15H20O8. The van der Waals surface area contributed by atoms with Crippen molar-refractivity contribution in [3.63, 3.8) is 0 Å². The first-order chi connectivity index (χ1) is 10.9. The molecule has 1 rings (SSSR count). The third kappa shape index (κ3) is 5.87. The van der Waals surface area contributed by atoms with E-state index in [-0.39, 0.29) is 11.5 Å². The van der Waals surface area contributed by atoms with Crippen LogP contribution in [-0.4, -0.2) is 70.1 Å². The number of hydrogen-bond acceptors (Lipinski definition) is 8. The van der Waals surface area contributed by atoms with Gasteiger partial charge in [-0.2, -0.15) is 0 Å². The van der Waals surface area contributed by atoms with Gasteiger partial charge in [0.05, 0.1) is 13.7 Å². The highest BCUT2D eigenvalue weighted by Crippen LogP contribution is 2.26. The van der Waals surface area contributed by atoms with Crippen LogP contribution in [0.4, 0.5) is 0 Å². The third-order valence-corrected chi connectivity index (χ3v) is 2.99. The van der Waals surface area contributed by atoms with Crippen molar-refractivity contribution in [3.05, 3.63) is 29.8 Å². The van der Waals surface area contributed by atoms with Gasteiger partial charge in [0.1, 0.15) is 24.9 Å². The van der Waals surface area contributed by atoms with Crippen molar-refractivity contribution in [1.82, 2.24) is 0 Å². The number of carbonyl (C=O) groups excluding carboxylic acids is 1. The Labute approximate surface area is 132 Å². The van der Waals surface area contributed by atoms with E-state index in [2.05, 4.69) is 0 Å². The van der Waals surface area contributed by atoms with E-state index in [0.717, 1.165) is 6.08 Å². The van der Waals surface area contributed by atoms with Gasteiger partial charge in [-0.3, -0.25) is 0 Å². The summed E-state index contributed by atoms with van der Waals surface area (Å²) in [6, 6.07) is 4.47. The zero-order chi connectivity index (χ0) is 17.4. The van der Waals surface area contributed by atoms with Crippen molar-refractivity contribution in [2.24, 2.45) is 0 Å². The van der Waals surface area contributed by atoms with Crippen LogP contribution in [0, 0.1) is 0 Å². The number of hydrogen-bond donors (Lipinski definition) is 5. The van der Waals surface area contributed by atoms with Crippen LogP contribution in [0.3, 0.4) is 0 Å². The largest absolute Gasteiger partial charge is 0.504 e. The van der Waals surface area contributed by atoms with Crippen LogP contribution in [0.2, 0.25) is 0 Å². The number of rotatable bonds is 8. The number of aliphatic hydroxyl groups is 4. The lowest BCUT2D eigenvalue weighted by Gasteiger charge is -2.20. The van der Waals surface area contributed by atoms with Gasteiger partial charge < -0.3 is 35.0 Å². The summed E-state index contributed by atoms with van der Waals surface area (Å²) in [5.74, 6) is -0.564. The van der Waals surface area contributed by atoms with Crippen molar-refractivity contribution in [3.8, 4) is 11.5 Å². The SMILES string of the molecule is COc1cc(C=CC(=O)OCC(O)C(O)C(O)CO)ccc1O. The van der Waals surface area contributed by atoms with Gasteiger partial charge in [0.15, 0.2) is 11.5 Å². The fraction of sp³-hybridized carbons (Fsp3) is 0.400. The van der Waals surface area contributed by atoms with E-state index in [0.29, 0.717) is 5.56 Å². The third-order valence-electron chi connectivity index (χ3n) is 2.99. The highest BCUT2D eigenvalue weighted by molar-refractivity contribution is 5.87. The minimum Gasteiger partial charge on any atom is -0.504 e. The molecule has 128 valence electrons. The molecule has 0 amide bonds. The van der Waals surface area contributed by atoms with Crippen molar-refractivity contribution in [1.29, 1.82) is 0 Å². The van der Waals surface area contributed by atoms with Gasteiger partial charge in [0.2, 0.25) is 0 Å². The van der Waals surface area contributed by atoms with Crippen molar-refractivity contribution in [2.75, 3.05) is 20.3 Å². The van der Waals surface area contributed by atoms with Crippen LogP contribution in [-0.2, 0) is 9.53 Å². The number of aromatic hydroxyl groups is 1. The van der Waals surface area contributed by atoms with Crippen LogP contribution in [0.25, 0.3) is 6.08 Å². The summed E-state index contributed by atoms with van der Waals surface area (Å²) in [6.45, 7) is -1.27. The second-order valence-corrected chi connectivity index (χ2v) is 4.70. The number of ether oxygens (including phenoxy) is 2. The number of methoxy groups -OCH3 is 1. The molecule has 0 fully saturated rings. The van der Waals surface area contributed by atoms with E-state index < -0.39 is 37.5 Å². The quantitative estimate of drug-likeness (QED) is 0.304. The molecule has 0 aromatic heterocycles. The van der Waals surface area contributed by atoms with Crippen molar-refractivity contribution < 1.29 is 39.8 Å². The van der Waals surface area contributed by atoms with Crippen LogP contribution in [0.5, 0.6) is 11.5 Å². The van der Waals surface area contributed by atoms with E-state index in [4.69, 9.17) is 19.7 Å². The van der Waals surface area contributed by atoms with Gasteiger partial charge in [-0.25, -0.2) is 4.79 Å². The fourth-order valence-corrected chi connectivity index (χ4v) is 1.64. The molecule has 1 aromatic rings. The molecule has 8 heteroatoms. The molecule has 0 radical (unpaired) electrons. The predicted octanol–water partition coefficient (Wildman–Crippen LogP) is -0.968. The number of benzene rings is 1. The first-order valence-corrected chi connectivity index (χ1v) is 6.76. The molecule has 0 aliphatic rings. The number of phenolic OH excluding ortho intramolecular Hbond substituents is 1. The maximum atomic E-state index is 11.5. The van der Waals surface area contributed by atoms with E-state index in [1.54, 1.807) is 6.07 Å². The number of aliphatic hydroxyl groups excluding tert-OH is 4. The molecule has 0 bridgehead atoms. The van der Waals surface area contributed by atoms with Gasteiger partial charge in [-0.05, 0) is 23.8 Å². The second kappa shape index (κ2) is 9.11. The Balaban J connectivity index is 2.53. The summed E-state index contributed by atoms with van der Waals surface area (Å²) in [5.41, 5.74) is 0.577. The summed E-state index contributed by atoms with van der Waals surface area (Å²) in [4.78, 5) is 11.5. The molecule has 0 heterocycles. The van der Waals surface area contributed by atoms with Gasteiger partial charge in [0.25, 0.3) is 0 Å². The predicted molar refractivity (Wildman–Crippen MR) is 79.8 cm³/mol. The maximum absolute atomic E-state index is 11.5. The standard InChI is InChI=1S/C15H20O8/c1-22-13-6-9(2-4-10(13)17)3-5-14(20)23-8-12(19)15(21)11(18)7-16/h2-6,11-12,15-19,21H,7-8H2,1H3. The summed E-state index contributed by atoms with van der Waals surface area (Å²) >= 11 is 0. The molecule has 0 spiro atoms. The second-order valence-electron chi connectivity index (χ2n) is 4.70. The summed E-state index contributed by atoms with van der Waals surface area (Å²) < 4.78 is 9.64. The van der Waals surface area contributed by atoms with E-state index in [1.807, 2.05) is 0 Å². The molecule has 8 nitrogen and oxygen atoms in total. The zero-order valence-corrected chi connectivity index (χ0v) is 12.5. The Morgan fingerprint density at radius 2 is 1.96 bits per heavy atom. The molecule has 0 aliphatic heterocycles. The van der Waals surface area contributed by atoms with E-state index in [9.17, 15) is 20.1 Å². The Morgan fingerprint density at radius 3 is 2.57 bits per heavy atom. The Bertz CT molecular complexity index is 542. The normalized spacial score (nSPS) is 15.2. The van der Waals surface area contributed by atoms with Gasteiger partial charge >= 0.3 is 5.97 Å². The molecule has 3 unspecified atom stereocenters. The first kappa shape index (κ1) is 18.9. The molecule has 3 atom stereocenters. The average Bonchev–Trinajstić information content (AvgIpc) is 2.57. The summed E-state index contributed by atoms with van der Waals surface area (Å²) in [7, 11) is 1.39. The number of esters is 1. The smallest absolute Gasteiger partial charge is 0.330 e. The summed E-state index contributed by atoms with van der Waals surface area (Å²) in [6.07, 6.45) is -2.17. The topological polar surface area (TPSA) is 137 Å². The molecule has 0 saturated carbocycles. The number of carbonyl (C=O) groups is 1.